The van der Waals surface area contributed by atoms with Crippen molar-refractivity contribution in [3.05, 3.63) is 29.3 Å². The highest BCUT2D eigenvalue weighted by Gasteiger charge is 2.12. The zero-order chi connectivity index (χ0) is 12.0. The molecule has 0 spiro atoms. The standard InChI is InChI=1S/C12H15BrO3/c1-3-6-16-10-5-4-9(8-13)11(7-10)12(14)15-2/h4-5,7H,3,6,8H2,1-2H3. The Morgan fingerprint density at radius 2 is 2.19 bits per heavy atom. The SMILES string of the molecule is CCCOc1ccc(CBr)c(C(=O)OC)c1. The van der Waals surface area contributed by atoms with E-state index in [0.29, 0.717) is 23.2 Å². The summed E-state index contributed by atoms with van der Waals surface area (Å²) in [5, 5.41) is 0.617. The predicted octanol–water partition coefficient (Wildman–Crippen LogP) is 3.16. The highest BCUT2D eigenvalue weighted by atomic mass is 79.9. The number of hydrogen-bond donors (Lipinski definition) is 0. The first-order chi connectivity index (χ1) is 7.72. The molecule has 0 heterocycles. The average molecular weight is 287 g/mol. The zero-order valence-electron chi connectivity index (χ0n) is 9.46. The Labute approximate surface area is 104 Å². The molecular weight excluding hydrogens is 272 g/mol. The van der Waals surface area contributed by atoms with Gasteiger partial charge in [0.05, 0.1) is 19.3 Å². The molecule has 0 bridgehead atoms. The van der Waals surface area contributed by atoms with Crippen LogP contribution in [0.25, 0.3) is 0 Å². The number of benzene rings is 1. The second kappa shape index (κ2) is 6.53. The lowest BCUT2D eigenvalue weighted by atomic mass is 10.1. The molecule has 0 amide bonds. The van der Waals surface area contributed by atoms with Crippen molar-refractivity contribution in [2.75, 3.05) is 13.7 Å². The molecule has 0 aromatic heterocycles. The van der Waals surface area contributed by atoms with Crippen molar-refractivity contribution in [1.82, 2.24) is 0 Å². The van der Waals surface area contributed by atoms with Crippen LogP contribution in [-0.4, -0.2) is 19.7 Å². The quantitative estimate of drug-likeness (QED) is 0.616. The summed E-state index contributed by atoms with van der Waals surface area (Å²) in [4.78, 5) is 11.5. The van der Waals surface area contributed by atoms with Gasteiger partial charge >= 0.3 is 5.97 Å². The van der Waals surface area contributed by atoms with Crippen molar-refractivity contribution >= 4 is 21.9 Å². The average Bonchev–Trinajstić information content (AvgIpc) is 2.35. The van der Waals surface area contributed by atoms with Gasteiger partial charge in [-0.3, -0.25) is 0 Å². The Hall–Kier alpha value is -1.03. The fraction of sp³-hybridized carbons (Fsp3) is 0.417. The second-order valence-electron chi connectivity index (χ2n) is 3.29. The molecule has 0 N–H and O–H groups in total. The first-order valence-electron chi connectivity index (χ1n) is 5.13. The lowest BCUT2D eigenvalue weighted by Crippen LogP contribution is -2.06. The van der Waals surface area contributed by atoms with E-state index in [4.69, 9.17) is 9.47 Å². The molecule has 0 radical (unpaired) electrons. The predicted molar refractivity (Wildman–Crippen MR) is 66.2 cm³/mol. The molecule has 88 valence electrons. The maximum Gasteiger partial charge on any atom is 0.338 e. The van der Waals surface area contributed by atoms with E-state index in [1.807, 2.05) is 19.1 Å². The van der Waals surface area contributed by atoms with Crippen molar-refractivity contribution in [2.24, 2.45) is 0 Å². The second-order valence-corrected chi connectivity index (χ2v) is 3.85. The lowest BCUT2D eigenvalue weighted by Gasteiger charge is -2.09. The molecule has 0 unspecified atom stereocenters. The first kappa shape index (κ1) is 13.0. The molecule has 4 heteroatoms. The van der Waals surface area contributed by atoms with Crippen molar-refractivity contribution in [2.45, 2.75) is 18.7 Å². The van der Waals surface area contributed by atoms with Crippen molar-refractivity contribution in [1.29, 1.82) is 0 Å². The van der Waals surface area contributed by atoms with E-state index in [1.54, 1.807) is 6.07 Å². The van der Waals surface area contributed by atoms with Gasteiger partial charge < -0.3 is 9.47 Å². The van der Waals surface area contributed by atoms with Crippen molar-refractivity contribution < 1.29 is 14.3 Å². The summed E-state index contributed by atoms with van der Waals surface area (Å²) in [7, 11) is 1.37. The van der Waals surface area contributed by atoms with E-state index in [-0.39, 0.29) is 5.97 Å². The third-order valence-electron chi connectivity index (χ3n) is 2.10. The molecule has 0 aliphatic rings. The summed E-state index contributed by atoms with van der Waals surface area (Å²) in [6.45, 7) is 2.68. The van der Waals surface area contributed by atoms with E-state index in [2.05, 4.69) is 15.9 Å². The summed E-state index contributed by atoms with van der Waals surface area (Å²) in [6, 6.07) is 5.45. The third kappa shape index (κ3) is 3.23. The molecule has 0 saturated carbocycles. The van der Waals surface area contributed by atoms with Crippen molar-refractivity contribution in [3.63, 3.8) is 0 Å². The number of alkyl halides is 1. The Morgan fingerprint density at radius 1 is 1.44 bits per heavy atom. The molecule has 0 aliphatic heterocycles. The van der Waals surface area contributed by atoms with Crippen LogP contribution in [0.1, 0.15) is 29.3 Å². The number of carbonyl (C=O) groups is 1. The minimum atomic E-state index is -0.337. The molecule has 0 fully saturated rings. The number of ether oxygens (including phenoxy) is 2. The highest BCUT2D eigenvalue weighted by Crippen LogP contribution is 2.21. The molecule has 3 nitrogen and oxygen atoms in total. The number of halogens is 1. The zero-order valence-corrected chi connectivity index (χ0v) is 11.0. The first-order valence-corrected chi connectivity index (χ1v) is 6.25. The lowest BCUT2D eigenvalue weighted by molar-refractivity contribution is 0.0599. The van der Waals surface area contributed by atoms with Gasteiger partial charge in [0.2, 0.25) is 0 Å². The molecule has 0 atom stereocenters. The summed E-state index contributed by atoms with van der Waals surface area (Å²) >= 11 is 3.33. The smallest absolute Gasteiger partial charge is 0.338 e. The number of hydrogen-bond acceptors (Lipinski definition) is 3. The van der Waals surface area contributed by atoms with E-state index >= 15 is 0 Å². The van der Waals surface area contributed by atoms with Gasteiger partial charge in [0.1, 0.15) is 5.75 Å². The highest BCUT2D eigenvalue weighted by molar-refractivity contribution is 9.08. The van der Waals surface area contributed by atoms with E-state index in [9.17, 15) is 4.79 Å². The molecule has 0 saturated heterocycles. The monoisotopic (exact) mass is 286 g/mol. The number of rotatable bonds is 5. The van der Waals surface area contributed by atoms with Crippen molar-refractivity contribution in [3.8, 4) is 5.75 Å². The topological polar surface area (TPSA) is 35.5 Å². The molecule has 1 aromatic rings. The van der Waals surface area contributed by atoms with Gasteiger partial charge in [-0.05, 0) is 24.1 Å². The maximum absolute atomic E-state index is 11.5. The van der Waals surface area contributed by atoms with E-state index < -0.39 is 0 Å². The Morgan fingerprint density at radius 3 is 2.75 bits per heavy atom. The van der Waals surface area contributed by atoms with Crippen LogP contribution < -0.4 is 4.74 Å². The van der Waals surface area contributed by atoms with Gasteiger partial charge in [-0.1, -0.05) is 28.9 Å². The van der Waals surface area contributed by atoms with Gasteiger partial charge in [-0.15, -0.1) is 0 Å². The number of carbonyl (C=O) groups excluding carboxylic acids is 1. The molecule has 1 rings (SSSR count). The Bertz CT molecular complexity index is 363. The minimum Gasteiger partial charge on any atom is -0.494 e. The minimum absolute atomic E-state index is 0.337. The van der Waals surface area contributed by atoms with Gasteiger partial charge in [-0.2, -0.15) is 0 Å². The van der Waals surface area contributed by atoms with Gasteiger partial charge in [0, 0.05) is 5.33 Å². The van der Waals surface area contributed by atoms with Gasteiger partial charge in [0.25, 0.3) is 0 Å². The van der Waals surface area contributed by atoms with Crippen LogP contribution in [0, 0.1) is 0 Å². The largest absolute Gasteiger partial charge is 0.494 e. The molecule has 16 heavy (non-hydrogen) atoms. The van der Waals surface area contributed by atoms with Crippen LogP contribution >= 0.6 is 15.9 Å². The fourth-order valence-electron chi connectivity index (χ4n) is 1.28. The maximum atomic E-state index is 11.5. The molecular formula is C12H15BrO3. The summed E-state index contributed by atoms with van der Waals surface area (Å²) in [5.41, 5.74) is 1.45. The van der Waals surface area contributed by atoms with Crippen LogP contribution in [0.15, 0.2) is 18.2 Å². The molecule has 1 aromatic carbocycles. The van der Waals surface area contributed by atoms with Crippen LogP contribution in [0.5, 0.6) is 5.75 Å². The number of methoxy groups -OCH3 is 1. The third-order valence-corrected chi connectivity index (χ3v) is 2.71. The van der Waals surface area contributed by atoms with Gasteiger partial charge in [0.15, 0.2) is 0 Å². The normalized spacial score (nSPS) is 9.94. The van der Waals surface area contributed by atoms with Crippen LogP contribution in [0.3, 0.4) is 0 Å². The summed E-state index contributed by atoms with van der Waals surface area (Å²) in [6.07, 6.45) is 0.938. The summed E-state index contributed by atoms with van der Waals surface area (Å²) < 4.78 is 10.2. The van der Waals surface area contributed by atoms with Crippen LogP contribution in [0.2, 0.25) is 0 Å². The Kier molecular flexibility index (Phi) is 5.32. The Balaban J connectivity index is 2.96. The summed E-state index contributed by atoms with van der Waals surface area (Å²) in [5.74, 6) is 0.364. The van der Waals surface area contributed by atoms with Crippen LogP contribution in [-0.2, 0) is 10.1 Å². The van der Waals surface area contributed by atoms with E-state index in [0.717, 1.165) is 12.0 Å². The number of esters is 1. The van der Waals surface area contributed by atoms with E-state index in [1.165, 1.54) is 7.11 Å². The van der Waals surface area contributed by atoms with Crippen LogP contribution in [0.4, 0.5) is 0 Å². The molecule has 0 aliphatic carbocycles. The fourth-order valence-corrected chi connectivity index (χ4v) is 1.77. The van der Waals surface area contributed by atoms with Gasteiger partial charge in [-0.25, -0.2) is 4.79 Å².